The minimum atomic E-state index is -0.933. The second-order valence-corrected chi connectivity index (χ2v) is 6.75. The standard InChI is InChI=1S/C14H22N2O3.C6H14N2O2/c1-17-12-5-4-11(13(18-2)14(12)19-3)10-16-8-6-15-7-9-16;7-4-2-1-3-5(8)6(9)10/h4-5,15H,6-10H2,1-3H3;5H,1-4,7-8H2,(H,9,10). The molecule has 0 radical (unpaired) electrons. The molecular weight excluding hydrogens is 376 g/mol. The molecule has 0 aliphatic carbocycles. The Kier molecular flexibility index (Phi) is 12.1. The van der Waals surface area contributed by atoms with E-state index in [0.717, 1.165) is 56.9 Å². The number of nitrogens with two attached hydrogens (primary N) is 2. The number of unbranched alkanes of at least 4 members (excludes halogenated alkanes) is 1. The summed E-state index contributed by atoms with van der Waals surface area (Å²) in [6, 6.07) is 3.26. The van der Waals surface area contributed by atoms with Crippen molar-refractivity contribution in [1.29, 1.82) is 0 Å². The second-order valence-electron chi connectivity index (χ2n) is 6.75. The highest BCUT2D eigenvalue weighted by molar-refractivity contribution is 5.72. The fourth-order valence-corrected chi connectivity index (χ4v) is 3.03. The van der Waals surface area contributed by atoms with E-state index in [1.165, 1.54) is 0 Å². The summed E-state index contributed by atoms with van der Waals surface area (Å²) in [4.78, 5) is 12.5. The lowest BCUT2D eigenvalue weighted by molar-refractivity contribution is -0.138. The zero-order valence-electron chi connectivity index (χ0n) is 17.8. The molecule has 1 aliphatic rings. The van der Waals surface area contributed by atoms with Gasteiger partial charge in [0.1, 0.15) is 6.04 Å². The van der Waals surface area contributed by atoms with E-state index in [4.69, 9.17) is 30.8 Å². The Balaban J connectivity index is 0.000000359. The van der Waals surface area contributed by atoms with Crippen LogP contribution in [0.15, 0.2) is 12.1 Å². The van der Waals surface area contributed by atoms with Gasteiger partial charge in [-0.05, 0) is 25.5 Å². The number of benzene rings is 1. The van der Waals surface area contributed by atoms with Crippen LogP contribution in [0.25, 0.3) is 0 Å². The molecule has 166 valence electrons. The predicted octanol–water partition coefficient (Wildman–Crippen LogP) is 0.645. The number of carboxylic acid groups (broad SMARTS) is 1. The molecule has 1 saturated heterocycles. The molecule has 29 heavy (non-hydrogen) atoms. The molecule has 1 aromatic carbocycles. The molecule has 6 N–H and O–H groups in total. The second kappa shape index (κ2) is 14.0. The lowest BCUT2D eigenvalue weighted by atomic mass is 10.1. The van der Waals surface area contributed by atoms with Crippen molar-refractivity contribution in [2.24, 2.45) is 11.5 Å². The molecule has 1 aliphatic heterocycles. The van der Waals surface area contributed by atoms with Crippen molar-refractivity contribution in [1.82, 2.24) is 10.2 Å². The highest BCUT2D eigenvalue weighted by Crippen LogP contribution is 2.40. The van der Waals surface area contributed by atoms with Crippen LogP contribution in [-0.4, -0.2) is 76.1 Å². The van der Waals surface area contributed by atoms with Crippen LogP contribution >= 0.6 is 0 Å². The van der Waals surface area contributed by atoms with Gasteiger partial charge >= 0.3 is 5.97 Å². The zero-order valence-corrected chi connectivity index (χ0v) is 17.8. The van der Waals surface area contributed by atoms with E-state index in [-0.39, 0.29) is 0 Å². The molecule has 9 nitrogen and oxygen atoms in total. The summed E-state index contributed by atoms with van der Waals surface area (Å²) >= 11 is 0. The van der Waals surface area contributed by atoms with Crippen LogP contribution in [0.2, 0.25) is 0 Å². The Bertz CT molecular complexity index is 609. The number of carbonyl (C=O) groups is 1. The first-order chi connectivity index (χ1) is 14.0. The van der Waals surface area contributed by atoms with Crippen LogP contribution in [0.5, 0.6) is 17.2 Å². The third-order valence-corrected chi connectivity index (χ3v) is 4.68. The first-order valence-electron chi connectivity index (χ1n) is 9.87. The lowest BCUT2D eigenvalue weighted by Crippen LogP contribution is -2.42. The Labute approximate surface area is 173 Å². The topological polar surface area (TPSA) is 132 Å². The Morgan fingerprint density at radius 2 is 1.79 bits per heavy atom. The summed E-state index contributed by atoms with van der Waals surface area (Å²) in [5, 5.41) is 11.7. The van der Waals surface area contributed by atoms with Crippen molar-refractivity contribution in [2.45, 2.75) is 31.8 Å². The normalized spacial score (nSPS) is 15.1. The van der Waals surface area contributed by atoms with Gasteiger partial charge in [-0.15, -0.1) is 0 Å². The minimum absolute atomic E-state index is 0.520. The molecule has 1 unspecified atom stereocenters. The number of nitrogens with zero attached hydrogens (tertiary/aromatic N) is 1. The summed E-state index contributed by atoms with van der Waals surface area (Å²) in [5.74, 6) is 1.19. The molecule has 0 amide bonds. The van der Waals surface area contributed by atoms with E-state index in [9.17, 15) is 4.79 Å². The molecule has 0 bridgehead atoms. The summed E-state index contributed by atoms with van der Waals surface area (Å²) in [6.45, 7) is 5.65. The Hall–Kier alpha value is -2.07. The average molecular weight is 413 g/mol. The largest absolute Gasteiger partial charge is 0.493 e. The van der Waals surface area contributed by atoms with Crippen molar-refractivity contribution < 1.29 is 24.1 Å². The van der Waals surface area contributed by atoms with Crippen LogP contribution in [0, 0.1) is 0 Å². The van der Waals surface area contributed by atoms with Gasteiger partial charge < -0.3 is 36.1 Å². The third kappa shape index (κ3) is 8.45. The number of hydrogen-bond acceptors (Lipinski definition) is 8. The van der Waals surface area contributed by atoms with E-state index >= 15 is 0 Å². The van der Waals surface area contributed by atoms with Crippen molar-refractivity contribution in [3.63, 3.8) is 0 Å². The number of rotatable bonds is 10. The minimum Gasteiger partial charge on any atom is -0.493 e. The molecular formula is C20H36N4O5. The van der Waals surface area contributed by atoms with Crippen LogP contribution in [-0.2, 0) is 11.3 Å². The fourth-order valence-electron chi connectivity index (χ4n) is 3.03. The number of carboxylic acids is 1. The highest BCUT2D eigenvalue weighted by atomic mass is 16.5. The zero-order chi connectivity index (χ0) is 21.6. The first-order valence-corrected chi connectivity index (χ1v) is 9.87. The van der Waals surface area contributed by atoms with Gasteiger partial charge in [0.05, 0.1) is 21.3 Å². The van der Waals surface area contributed by atoms with E-state index < -0.39 is 12.0 Å². The SMILES string of the molecule is COc1ccc(CN2CCNCC2)c(OC)c1OC.NCCCCC(N)C(=O)O. The number of methoxy groups -OCH3 is 3. The maximum atomic E-state index is 10.1. The van der Waals surface area contributed by atoms with Gasteiger partial charge in [-0.1, -0.05) is 12.5 Å². The van der Waals surface area contributed by atoms with Gasteiger partial charge in [0.25, 0.3) is 0 Å². The van der Waals surface area contributed by atoms with Crippen molar-refractivity contribution in [2.75, 3.05) is 54.1 Å². The van der Waals surface area contributed by atoms with Gasteiger partial charge in [-0.25, -0.2) is 0 Å². The van der Waals surface area contributed by atoms with E-state index in [1.54, 1.807) is 21.3 Å². The Morgan fingerprint density at radius 1 is 1.14 bits per heavy atom. The van der Waals surface area contributed by atoms with Crippen LogP contribution in [0.4, 0.5) is 0 Å². The molecule has 0 spiro atoms. The molecule has 9 heteroatoms. The van der Waals surface area contributed by atoms with Crippen molar-refractivity contribution >= 4 is 5.97 Å². The van der Waals surface area contributed by atoms with Crippen molar-refractivity contribution in [3.05, 3.63) is 17.7 Å². The monoisotopic (exact) mass is 412 g/mol. The summed E-state index contributed by atoms with van der Waals surface area (Å²) < 4.78 is 16.2. The van der Waals surface area contributed by atoms with Gasteiger partial charge in [0.2, 0.25) is 5.75 Å². The molecule has 1 aromatic rings. The third-order valence-electron chi connectivity index (χ3n) is 4.68. The van der Waals surface area contributed by atoms with Gasteiger partial charge in [-0.3, -0.25) is 9.69 Å². The number of aliphatic carboxylic acids is 1. The van der Waals surface area contributed by atoms with E-state index in [2.05, 4.69) is 10.2 Å². The first kappa shape index (κ1) is 25.0. The predicted molar refractivity (Wildman–Crippen MR) is 113 cm³/mol. The van der Waals surface area contributed by atoms with Crippen LogP contribution in [0.3, 0.4) is 0 Å². The lowest BCUT2D eigenvalue weighted by Gasteiger charge is -2.28. The average Bonchev–Trinajstić information content (AvgIpc) is 2.74. The summed E-state index contributed by atoms with van der Waals surface area (Å²) in [7, 11) is 4.93. The molecule has 0 saturated carbocycles. The van der Waals surface area contributed by atoms with Gasteiger partial charge in [0, 0.05) is 38.3 Å². The molecule has 1 heterocycles. The number of nitrogens with one attached hydrogen (secondary N) is 1. The van der Waals surface area contributed by atoms with E-state index in [0.29, 0.717) is 24.5 Å². The van der Waals surface area contributed by atoms with Crippen molar-refractivity contribution in [3.8, 4) is 17.2 Å². The quantitative estimate of drug-likeness (QED) is 0.409. The molecule has 0 aromatic heterocycles. The fraction of sp³-hybridized carbons (Fsp3) is 0.650. The maximum absolute atomic E-state index is 10.1. The molecule has 1 atom stereocenters. The van der Waals surface area contributed by atoms with E-state index in [1.807, 2.05) is 12.1 Å². The maximum Gasteiger partial charge on any atom is 0.320 e. The smallest absolute Gasteiger partial charge is 0.320 e. The molecule has 1 fully saturated rings. The summed E-state index contributed by atoms with van der Waals surface area (Å²) in [5.41, 5.74) is 11.5. The van der Waals surface area contributed by atoms with Crippen LogP contribution in [0.1, 0.15) is 24.8 Å². The van der Waals surface area contributed by atoms with Crippen LogP contribution < -0.4 is 31.0 Å². The number of ether oxygens (including phenoxy) is 3. The molecule has 2 rings (SSSR count). The Morgan fingerprint density at radius 3 is 2.31 bits per heavy atom. The summed E-state index contributed by atoms with van der Waals surface area (Å²) in [6.07, 6.45) is 2.16. The number of piperazine rings is 1. The van der Waals surface area contributed by atoms with Gasteiger partial charge in [0.15, 0.2) is 11.5 Å². The highest BCUT2D eigenvalue weighted by Gasteiger charge is 2.18. The van der Waals surface area contributed by atoms with Gasteiger partial charge in [-0.2, -0.15) is 0 Å². The number of hydrogen-bond donors (Lipinski definition) is 4.